The van der Waals surface area contributed by atoms with Crippen LogP contribution in [0.2, 0.25) is 0 Å². The fourth-order valence-electron chi connectivity index (χ4n) is 2.53. The van der Waals surface area contributed by atoms with Crippen molar-refractivity contribution in [2.45, 2.75) is 38.3 Å². The van der Waals surface area contributed by atoms with Crippen molar-refractivity contribution >= 4 is 10.8 Å². The molecule has 2 aromatic rings. The smallest absolute Gasteiger partial charge is 0.0543 e. The number of nitrogens with one attached hydrogen (secondary N) is 1. The first-order valence-corrected chi connectivity index (χ1v) is 7.20. The second-order valence-electron chi connectivity index (χ2n) is 5.33. The number of hydrazine groups is 1. The molecule has 0 aliphatic carbocycles. The first-order valence-electron chi connectivity index (χ1n) is 7.20. The molecule has 0 amide bonds. The Morgan fingerprint density at radius 2 is 1.85 bits per heavy atom. The van der Waals surface area contributed by atoms with Gasteiger partial charge in [0.2, 0.25) is 0 Å². The number of hydrogen-bond donors (Lipinski definition) is 2. The van der Waals surface area contributed by atoms with Gasteiger partial charge in [-0.25, -0.2) is 0 Å². The number of ether oxygens (including phenoxy) is 1. The molecule has 0 radical (unpaired) electrons. The van der Waals surface area contributed by atoms with Gasteiger partial charge in [-0.1, -0.05) is 42.5 Å². The summed E-state index contributed by atoms with van der Waals surface area (Å²) in [7, 11) is 1.75. The van der Waals surface area contributed by atoms with Crippen LogP contribution in [0.5, 0.6) is 0 Å². The maximum atomic E-state index is 5.70. The van der Waals surface area contributed by atoms with Crippen LogP contribution in [0, 0.1) is 0 Å². The van der Waals surface area contributed by atoms with E-state index < -0.39 is 0 Å². The zero-order valence-corrected chi connectivity index (χ0v) is 12.3. The van der Waals surface area contributed by atoms with Gasteiger partial charge in [0, 0.05) is 13.2 Å². The molecular formula is C17H24N2O. The van der Waals surface area contributed by atoms with Gasteiger partial charge < -0.3 is 4.74 Å². The summed E-state index contributed by atoms with van der Waals surface area (Å²) in [6.07, 6.45) is 3.23. The van der Waals surface area contributed by atoms with E-state index in [0.29, 0.717) is 0 Å². The molecule has 0 saturated heterocycles. The lowest BCUT2D eigenvalue weighted by Gasteiger charge is -2.19. The number of benzene rings is 2. The van der Waals surface area contributed by atoms with E-state index in [9.17, 15) is 0 Å². The molecule has 20 heavy (non-hydrogen) atoms. The molecule has 0 bridgehead atoms. The van der Waals surface area contributed by atoms with Gasteiger partial charge in [0.15, 0.2) is 0 Å². The van der Waals surface area contributed by atoms with Gasteiger partial charge in [-0.15, -0.1) is 0 Å². The third-order valence-corrected chi connectivity index (χ3v) is 3.91. The molecule has 2 unspecified atom stereocenters. The van der Waals surface area contributed by atoms with Gasteiger partial charge in [0.25, 0.3) is 0 Å². The van der Waals surface area contributed by atoms with Crippen molar-refractivity contribution in [1.29, 1.82) is 0 Å². The van der Waals surface area contributed by atoms with Crippen LogP contribution in [0.25, 0.3) is 10.8 Å². The average Bonchev–Trinajstić information content (AvgIpc) is 2.51. The van der Waals surface area contributed by atoms with E-state index in [1.54, 1.807) is 7.11 Å². The van der Waals surface area contributed by atoms with E-state index in [-0.39, 0.29) is 12.1 Å². The van der Waals surface area contributed by atoms with E-state index in [1.165, 1.54) is 16.3 Å². The van der Waals surface area contributed by atoms with E-state index >= 15 is 0 Å². The molecule has 2 rings (SSSR count). The largest absolute Gasteiger partial charge is 0.382 e. The first-order chi connectivity index (χ1) is 9.74. The Morgan fingerprint density at radius 1 is 1.10 bits per heavy atom. The second kappa shape index (κ2) is 7.39. The van der Waals surface area contributed by atoms with Crippen molar-refractivity contribution in [2.75, 3.05) is 7.11 Å². The molecule has 0 spiro atoms. The second-order valence-corrected chi connectivity index (χ2v) is 5.33. The first kappa shape index (κ1) is 15.0. The van der Waals surface area contributed by atoms with Gasteiger partial charge in [-0.05, 0) is 42.5 Å². The minimum absolute atomic E-state index is 0.276. The Kier molecular flexibility index (Phi) is 5.53. The number of nitrogens with two attached hydrogens (primary N) is 1. The average molecular weight is 272 g/mol. The molecule has 0 heterocycles. The molecule has 3 nitrogen and oxygen atoms in total. The fourth-order valence-corrected chi connectivity index (χ4v) is 2.53. The third kappa shape index (κ3) is 3.79. The molecule has 108 valence electrons. The lowest BCUT2D eigenvalue weighted by Crippen LogP contribution is -2.37. The van der Waals surface area contributed by atoms with Crippen LogP contribution >= 0.6 is 0 Å². The zero-order chi connectivity index (χ0) is 14.4. The Bertz CT molecular complexity index is 536. The van der Waals surface area contributed by atoms with E-state index in [1.807, 2.05) is 0 Å². The van der Waals surface area contributed by atoms with Gasteiger partial charge in [-0.3, -0.25) is 11.3 Å². The molecular weight excluding hydrogens is 248 g/mol. The number of fused-ring (bicyclic) bond motifs is 1. The van der Waals surface area contributed by atoms with Crippen LogP contribution in [0.4, 0.5) is 0 Å². The van der Waals surface area contributed by atoms with Gasteiger partial charge in [0.05, 0.1) is 6.10 Å². The summed E-state index contributed by atoms with van der Waals surface area (Å²) in [5.74, 6) is 5.70. The van der Waals surface area contributed by atoms with Crippen LogP contribution in [0.15, 0.2) is 42.5 Å². The van der Waals surface area contributed by atoms with Crippen LogP contribution < -0.4 is 11.3 Å². The lowest BCUT2D eigenvalue weighted by atomic mass is 9.96. The summed E-state index contributed by atoms with van der Waals surface area (Å²) in [6.45, 7) is 2.09. The molecule has 0 aliphatic rings. The minimum Gasteiger partial charge on any atom is -0.382 e. The molecule has 0 saturated carbocycles. The van der Waals surface area contributed by atoms with Crippen LogP contribution in [-0.2, 0) is 11.2 Å². The molecule has 0 aromatic heterocycles. The molecule has 3 N–H and O–H groups in total. The van der Waals surface area contributed by atoms with E-state index in [4.69, 9.17) is 10.6 Å². The van der Waals surface area contributed by atoms with Gasteiger partial charge in [0.1, 0.15) is 0 Å². The highest BCUT2D eigenvalue weighted by Crippen LogP contribution is 2.20. The highest BCUT2D eigenvalue weighted by atomic mass is 16.5. The topological polar surface area (TPSA) is 47.3 Å². The molecule has 3 heteroatoms. The van der Waals surface area contributed by atoms with Crippen molar-refractivity contribution in [2.24, 2.45) is 5.84 Å². The Balaban J connectivity index is 2.09. The monoisotopic (exact) mass is 272 g/mol. The highest BCUT2D eigenvalue weighted by Gasteiger charge is 2.11. The molecule has 2 atom stereocenters. The SMILES string of the molecule is COC(C)CCC(Cc1cccc2ccccc12)NN. The van der Waals surface area contributed by atoms with Gasteiger partial charge >= 0.3 is 0 Å². The number of rotatable bonds is 7. The minimum atomic E-state index is 0.276. The summed E-state index contributed by atoms with van der Waals surface area (Å²) < 4.78 is 5.30. The van der Waals surface area contributed by atoms with Crippen molar-refractivity contribution in [3.8, 4) is 0 Å². The zero-order valence-electron chi connectivity index (χ0n) is 12.3. The normalized spacial score (nSPS) is 14.3. The molecule has 2 aromatic carbocycles. The lowest BCUT2D eigenvalue weighted by molar-refractivity contribution is 0.106. The fraction of sp³-hybridized carbons (Fsp3) is 0.412. The molecule has 0 fully saturated rings. The Morgan fingerprint density at radius 3 is 2.60 bits per heavy atom. The van der Waals surface area contributed by atoms with Crippen molar-refractivity contribution < 1.29 is 4.74 Å². The van der Waals surface area contributed by atoms with Crippen molar-refractivity contribution in [3.05, 3.63) is 48.0 Å². The summed E-state index contributed by atoms with van der Waals surface area (Å²) in [4.78, 5) is 0. The molecule has 0 aliphatic heterocycles. The quantitative estimate of drug-likeness (QED) is 0.601. The number of hydrogen-bond acceptors (Lipinski definition) is 3. The Hall–Kier alpha value is -1.42. The Labute approximate surface area is 121 Å². The summed E-state index contributed by atoms with van der Waals surface area (Å²) >= 11 is 0. The number of methoxy groups -OCH3 is 1. The predicted octanol–water partition coefficient (Wildman–Crippen LogP) is 3.03. The standard InChI is InChI=1S/C17H24N2O/c1-13(20-2)10-11-16(19-18)12-15-8-5-7-14-6-3-4-9-17(14)15/h3-9,13,16,19H,10-12,18H2,1-2H3. The van der Waals surface area contributed by atoms with Gasteiger partial charge in [-0.2, -0.15) is 0 Å². The highest BCUT2D eigenvalue weighted by molar-refractivity contribution is 5.85. The predicted molar refractivity (Wildman–Crippen MR) is 84.5 cm³/mol. The maximum absolute atomic E-state index is 5.70. The van der Waals surface area contributed by atoms with Crippen molar-refractivity contribution in [1.82, 2.24) is 5.43 Å². The summed E-state index contributed by atoms with van der Waals surface area (Å²) in [5.41, 5.74) is 4.28. The summed E-state index contributed by atoms with van der Waals surface area (Å²) in [6, 6.07) is 15.2. The summed E-state index contributed by atoms with van der Waals surface area (Å²) in [5, 5.41) is 2.60. The van der Waals surface area contributed by atoms with Crippen LogP contribution in [0.3, 0.4) is 0 Å². The maximum Gasteiger partial charge on any atom is 0.0543 e. The van der Waals surface area contributed by atoms with Crippen LogP contribution in [0.1, 0.15) is 25.3 Å². The van der Waals surface area contributed by atoms with Crippen LogP contribution in [-0.4, -0.2) is 19.3 Å². The third-order valence-electron chi connectivity index (χ3n) is 3.91. The van der Waals surface area contributed by atoms with E-state index in [0.717, 1.165) is 19.3 Å². The van der Waals surface area contributed by atoms with Crippen molar-refractivity contribution in [3.63, 3.8) is 0 Å². The van der Waals surface area contributed by atoms with E-state index in [2.05, 4.69) is 54.8 Å².